The Kier molecular flexibility index (Phi) is 37.3. The third kappa shape index (κ3) is 42.5. The molecule has 0 saturated heterocycles. The maximum atomic E-state index is 12.7. The Hall–Kier alpha value is -3.07. The van der Waals surface area contributed by atoms with Gasteiger partial charge in [-0.2, -0.15) is 0 Å². The van der Waals surface area contributed by atoms with Crippen LogP contribution in [0.3, 0.4) is 0 Å². The molecule has 0 spiro atoms. The van der Waals surface area contributed by atoms with Crippen molar-refractivity contribution in [2.75, 3.05) is 47.5 Å². The lowest BCUT2D eigenvalue weighted by Crippen LogP contribution is -2.37. The fourth-order valence-electron chi connectivity index (χ4n) is 5.23. The van der Waals surface area contributed by atoms with Crippen molar-refractivity contribution in [1.29, 1.82) is 0 Å². The predicted octanol–water partition coefficient (Wildman–Crippen LogP) is 11.9. The number of esters is 2. The van der Waals surface area contributed by atoms with Gasteiger partial charge in [-0.1, -0.05) is 150 Å². The smallest absolute Gasteiger partial charge is 0.306 e. The number of phosphoric ester groups is 1. The molecule has 0 bridgehead atoms. The van der Waals surface area contributed by atoms with E-state index in [-0.39, 0.29) is 26.1 Å². The molecular formula is C48H80NO8P. The largest absolute Gasteiger partial charge is 0.756 e. The number of likely N-dealkylation sites (N-methyl/N-ethyl adjacent to an activating group) is 1. The second-order valence-electron chi connectivity index (χ2n) is 15.4. The van der Waals surface area contributed by atoms with Gasteiger partial charge in [0, 0.05) is 12.8 Å². The molecule has 330 valence electrons. The first kappa shape index (κ1) is 54.9. The first-order chi connectivity index (χ1) is 28.0. The molecule has 9 nitrogen and oxygen atoms in total. The van der Waals surface area contributed by atoms with E-state index in [2.05, 4.69) is 80.7 Å². The molecule has 0 rings (SSSR count). The van der Waals surface area contributed by atoms with Gasteiger partial charge in [0.05, 0.1) is 27.7 Å². The predicted molar refractivity (Wildman–Crippen MR) is 240 cm³/mol. The van der Waals surface area contributed by atoms with Gasteiger partial charge in [0.1, 0.15) is 19.8 Å². The SMILES string of the molecule is CC/C=C/C=C/C=C/C=C/CCCCCCCC(=O)OC[C@H](COP(=O)([O-])OCC[N+](C)(C)C)OC(=O)CCCCC/C=C/C/C=C/C/C=C/C/C=C/CCCCC. The number of quaternary nitrogens is 1. The Morgan fingerprint density at radius 2 is 1.05 bits per heavy atom. The summed E-state index contributed by atoms with van der Waals surface area (Å²) in [4.78, 5) is 37.5. The van der Waals surface area contributed by atoms with Gasteiger partial charge >= 0.3 is 11.9 Å². The summed E-state index contributed by atoms with van der Waals surface area (Å²) in [5.74, 6) is -0.909. The summed E-state index contributed by atoms with van der Waals surface area (Å²) in [6.45, 7) is 3.96. The van der Waals surface area contributed by atoms with Crippen molar-refractivity contribution in [2.45, 2.75) is 148 Å². The highest BCUT2D eigenvalue weighted by molar-refractivity contribution is 7.45. The van der Waals surface area contributed by atoms with Crippen LogP contribution in [0.4, 0.5) is 0 Å². The molecule has 0 N–H and O–H groups in total. The first-order valence-electron chi connectivity index (χ1n) is 22.0. The number of hydrogen-bond donors (Lipinski definition) is 0. The van der Waals surface area contributed by atoms with Crippen LogP contribution < -0.4 is 4.89 Å². The fourth-order valence-corrected chi connectivity index (χ4v) is 5.96. The molecule has 0 aromatic carbocycles. The summed E-state index contributed by atoms with van der Waals surface area (Å²) in [7, 11) is 1.11. The molecule has 0 aliphatic heterocycles. The molecule has 0 heterocycles. The van der Waals surface area contributed by atoms with Crippen molar-refractivity contribution in [3.05, 3.63) is 97.2 Å². The third-order valence-electron chi connectivity index (χ3n) is 8.68. The molecule has 0 fully saturated rings. The van der Waals surface area contributed by atoms with E-state index in [0.717, 1.165) is 77.0 Å². The minimum atomic E-state index is -4.65. The Balaban J connectivity index is 4.49. The summed E-state index contributed by atoms with van der Waals surface area (Å²) in [5, 5.41) is 0. The lowest BCUT2D eigenvalue weighted by molar-refractivity contribution is -0.870. The van der Waals surface area contributed by atoms with Gasteiger partial charge in [0.2, 0.25) is 0 Å². The average molecular weight is 830 g/mol. The summed E-state index contributed by atoms with van der Waals surface area (Å²) in [6.07, 6.45) is 51.4. The van der Waals surface area contributed by atoms with Crippen LogP contribution in [0.15, 0.2) is 97.2 Å². The van der Waals surface area contributed by atoms with E-state index in [4.69, 9.17) is 18.5 Å². The Morgan fingerprint density at radius 1 is 0.569 bits per heavy atom. The lowest BCUT2D eigenvalue weighted by Gasteiger charge is -2.28. The number of allylic oxidation sites excluding steroid dienone is 16. The molecule has 0 aromatic heterocycles. The van der Waals surface area contributed by atoms with Crippen LogP contribution in [0.1, 0.15) is 142 Å². The van der Waals surface area contributed by atoms with E-state index in [0.29, 0.717) is 23.9 Å². The molecular weight excluding hydrogens is 750 g/mol. The van der Waals surface area contributed by atoms with Gasteiger partial charge < -0.3 is 27.9 Å². The molecule has 0 aliphatic rings. The van der Waals surface area contributed by atoms with Crippen molar-refractivity contribution < 1.29 is 42.1 Å². The molecule has 10 heteroatoms. The maximum Gasteiger partial charge on any atom is 0.306 e. The average Bonchev–Trinajstić information content (AvgIpc) is 3.17. The van der Waals surface area contributed by atoms with Crippen LogP contribution in [-0.4, -0.2) is 70.0 Å². The zero-order chi connectivity index (χ0) is 42.8. The Morgan fingerprint density at radius 3 is 1.64 bits per heavy atom. The quantitative estimate of drug-likeness (QED) is 0.0151. The van der Waals surface area contributed by atoms with E-state index in [1.165, 1.54) is 25.7 Å². The van der Waals surface area contributed by atoms with Gasteiger partial charge in [0.25, 0.3) is 7.82 Å². The highest BCUT2D eigenvalue weighted by Crippen LogP contribution is 2.38. The summed E-state index contributed by atoms with van der Waals surface area (Å²) >= 11 is 0. The highest BCUT2D eigenvalue weighted by Gasteiger charge is 2.21. The number of carbonyl (C=O) groups excluding carboxylic acids is 2. The topological polar surface area (TPSA) is 111 Å². The second kappa shape index (κ2) is 39.4. The summed E-state index contributed by atoms with van der Waals surface area (Å²) < 4.78 is 33.8. The number of phosphoric acid groups is 1. The second-order valence-corrected chi connectivity index (χ2v) is 16.8. The molecule has 1 unspecified atom stereocenters. The highest BCUT2D eigenvalue weighted by atomic mass is 31.2. The summed E-state index contributed by atoms with van der Waals surface area (Å²) in [5.41, 5.74) is 0. The molecule has 0 saturated carbocycles. The minimum Gasteiger partial charge on any atom is -0.756 e. The van der Waals surface area contributed by atoms with E-state index in [1.807, 2.05) is 51.5 Å². The number of unbranched alkanes of at least 4 members (excludes halogenated alkanes) is 11. The minimum absolute atomic E-state index is 0.0476. The normalized spacial score (nSPS) is 14.5. The Labute approximate surface area is 353 Å². The van der Waals surface area contributed by atoms with Crippen LogP contribution in [0.25, 0.3) is 0 Å². The van der Waals surface area contributed by atoms with Gasteiger partial charge in [-0.3, -0.25) is 14.2 Å². The van der Waals surface area contributed by atoms with E-state index in [9.17, 15) is 19.0 Å². The third-order valence-corrected chi connectivity index (χ3v) is 9.65. The number of nitrogens with zero attached hydrogens (tertiary/aromatic N) is 1. The molecule has 58 heavy (non-hydrogen) atoms. The zero-order valence-corrected chi connectivity index (χ0v) is 37.8. The molecule has 0 amide bonds. The van der Waals surface area contributed by atoms with Crippen molar-refractivity contribution >= 4 is 19.8 Å². The molecule has 0 aliphatic carbocycles. The van der Waals surface area contributed by atoms with Crippen molar-refractivity contribution in [1.82, 2.24) is 0 Å². The zero-order valence-electron chi connectivity index (χ0n) is 36.9. The van der Waals surface area contributed by atoms with Crippen molar-refractivity contribution in [3.8, 4) is 0 Å². The van der Waals surface area contributed by atoms with Gasteiger partial charge in [-0.15, -0.1) is 0 Å². The van der Waals surface area contributed by atoms with E-state index >= 15 is 0 Å². The molecule has 0 radical (unpaired) electrons. The van der Waals surface area contributed by atoms with Crippen LogP contribution >= 0.6 is 7.82 Å². The lowest BCUT2D eigenvalue weighted by atomic mass is 10.1. The van der Waals surface area contributed by atoms with E-state index < -0.39 is 32.5 Å². The fraction of sp³-hybridized carbons (Fsp3) is 0.625. The number of hydrogen-bond acceptors (Lipinski definition) is 8. The first-order valence-corrected chi connectivity index (χ1v) is 23.5. The van der Waals surface area contributed by atoms with Gasteiger partial charge in [0.15, 0.2) is 6.10 Å². The van der Waals surface area contributed by atoms with Crippen LogP contribution in [0, 0.1) is 0 Å². The number of ether oxygens (including phenoxy) is 2. The van der Waals surface area contributed by atoms with Crippen LogP contribution in [0.2, 0.25) is 0 Å². The van der Waals surface area contributed by atoms with Crippen molar-refractivity contribution in [3.63, 3.8) is 0 Å². The summed E-state index contributed by atoms with van der Waals surface area (Å²) in [6, 6.07) is 0. The van der Waals surface area contributed by atoms with Gasteiger partial charge in [-0.25, -0.2) is 0 Å². The molecule has 2 atom stereocenters. The monoisotopic (exact) mass is 830 g/mol. The van der Waals surface area contributed by atoms with E-state index in [1.54, 1.807) is 0 Å². The van der Waals surface area contributed by atoms with Crippen LogP contribution in [-0.2, 0) is 32.7 Å². The standard InChI is InChI=1S/C48H80NO8P/c1-6-8-10-12-14-16-18-20-22-23-24-25-27-29-31-33-35-37-39-41-48(51)57-46(45-56-58(52,53)55-43-42-49(3,4)5)44-54-47(50)40-38-36-34-32-30-28-26-21-19-17-15-13-11-9-7-2/h9,11,13-17,19-22,24-26,29,31,46H,6-8,10,12,18,23,27-28,30,32-45H2,1-5H3/b11-9+,15-13+,16-14+,19-17+,22-20+,25-24+,26-21+,31-29+/t46-/m1/s1. The maximum absolute atomic E-state index is 12.7. The Bertz CT molecular complexity index is 1300. The van der Waals surface area contributed by atoms with Gasteiger partial charge in [-0.05, 0) is 77.0 Å². The molecule has 0 aromatic rings. The van der Waals surface area contributed by atoms with Crippen molar-refractivity contribution in [2.24, 2.45) is 0 Å². The number of carbonyl (C=O) groups is 2. The van der Waals surface area contributed by atoms with Crippen LogP contribution in [0.5, 0.6) is 0 Å². The number of rotatable bonds is 38.